The summed E-state index contributed by atoms with van der Waals surface area (Å²) >= 11 is 0. The van der Waals surface area contributed by atoms with E-state index in [-0.39, 0.29) is 24.5 Å². The SMILES string of the molecule is C[C@H](CNC(=O)N1CCC[C@H](n2cncn2)C1)c1ccc(F)cc1F. The third-order valence-corrected chi connectivity index (χ3v) is 4.55. The summed E-state index contributed by atoms with van der Waals surface area (Å²) in [5.41, 5.74) is 0.390. The van der Waals surface area contributed by atoms with Gasteiger partial charge in [-0.15, -0.1) is 0 Å². The van der Waals surface area contributed by atoms with Crippen LogP contribution in [0.4, 0.5) is 13.6 Å². The lowest BCUT2D eigenvalue weighted by Crippen LogP contribution is -2.46. The molecule has 0 unspecified atom stereocenters. The van der Waals surface area contributed by atoms with Crippen LogP contribution in [0.25, 0.3) is 0 Å². The van der Waals surface area contributed by atoms with Crippen LogP contribution < -0.4 is 5.32 Å². The second-order valence-electron chi connectivity index (χ2n) is 6.37. The molecule has 134 valence electrons. The number of rotatable bonds is 4. The zero-order valence-electron chi connectivity index (χ0n) is 14.0. The normalized spacial score (nSPS) is 18.8. The van der Waals surface area contributed by atoms with E-state index in [0.29, 0.717) is 18.7 Å². The van der Waals surface area contributed by atoms with Crippen molar-refractivity contribution in [1.29, 1.82) is 0 Å². The maximum Gasteiger partial charge on any atom is 0.317 e. The van der Waals surface area contributed by atoms with Crippen LogP contribution in [0.3, 0.4) is 0 Å². The van der Waals surface area contributed by atoms with Crippen LogP contribution in [0.2, 0.25) is 0 Å². The number of benzene rings is 1. The highest BCUT2D eigenvalue weighted by Gasteiger charge is 2.25. The second-order valence-corrected chi connectivity index (χ2v) is 6.37. The Morgan fingerprint density at radius 1 is 1.44 bits per heavy atom. The number of hydrogen-bond acceptors (Lipinski definition) is 3. The summed E-state index contributed by atoms with van der Waals surface area (Å²) in [7, 11) is 0. The van der Waals surface area contributed by atoms with Gasteiger partial charge < -0.3 is 10.2 Å². The number of urea groups is 1. The Hall–Kier alpha value is -2.51. The van der Waals surface area contributed by atoms with E-state index in [2.05, 4.69) is 15.4 Å². The van der Waals surface area contributed by atoms with Crippen molar-refractivity contribution in [3.05, 3.63) is 48.1 Å². The van der Waals surface area contributed by atoms with Gasteiger partial charge in [0.2, 0.25) is 0 Å². The minimum atomic E-state index is -0.607. The van der Waals surface area contributed by atoms with Gasteiger partial charge in [-0.3, -0.25) is 0 Å². The summed E-state index contributed by atoms with van der Waals surface area (Å²) < 4.78 is 28.6. The van der Waals surface area contributed by atoms with Crippen molar-refractivity contribution in [2.45, 2.75) is 31.7 Å². The average molecular weight is 349 g/mol. The monoisotopic (exact) mass is 349 g/mol. The number of halogens is 2. The molecule has 1 saturated heterocycles. The van der Waals surface area contributed by atoms with Gasteiger partial charge in [0.05, 0.1) is 6.04 Å². The molecule has 1 aliphatic rings. The van der Waals surface area contributed by atoms with E-state index in [1.54, 1.807) is 22.8 Å². The standard InChI is InChI=1S/C17H21F2N5O/c1-12(15-5-4-13(18)7-16(15)19)8-21-17(25)23-6-2-3-14(9-23)24-11-20-10-22-24/h4-5,7,10-12,14H,2-3,6,8-9H2,1H3,(H,21,25)/t12-,14+/m1/s1. The molecule has 2 aromatic rings. The maximum atomic E-state index is 13.8. The Morgan fingerprint density at radius 2 is 2.28 bits per heavy atom. The van der Waals surface area contributed by atoms with Gasteiger partial charge >= 0.3 is 6.03 Å². The molecule has 1 aliphatic heterocycles. The molecule has 1 fully saturated rings. The van der Waals surface area contributed by atoms with E-state index in [1.165, 1.54) is 18.5 Å². The molecule has 8 heteroatoms. The molecular formula is C17H21F2N5O. The summed E-state index contributed by atoms with van der Waals surface area (Å²) in [4.78, 5) is 18.1. The fraction of sp³-hybridized carbons (Fsp3) is 0.471. The highest BCUT2D eigenvalue weighted by atomic mass is 19.1. The molecule has 1 aromatic carbocycles. The van der Waals surface area contributed by atoms with Crippen LogP contribution in [-0.4, -0.2) is 45.3 Å². The van der Waals surface area contributed by atoms with Crippen LogP contribution >= 0.6 is 0 Å². The second kappa shape index (κ2) is 7.58. The van der Waals surface area contributed by atoms with Crippen molar-refractivity contribution in [3.8, 4) is 0 Å². The van der Waals surface area contributed by atoms with E-state index < -0.39 is 11.6 Å². The van der Waals surface area contributed by atoms with E-state index in [0.717, 1.165) is 18.9 Å². The van der Waals surface area contributed by atoms with E-state index in [1.807, 2.05) is 0 Å². The first-order valence-corrected chi connectivity index (χ1v) is 8.36. The first-order chi connectivity index (χ1) is 12.0. The molecule has 2 heterocycles. The molecule has 0 radical (unpaired) electrons. The molecule has 25 heavy (non-hydrogen) atoms. The van der Waals surface area contributed by atoms with Crippen molar-refractivity contribution >= 4 is 6.03 Å². The quantitative estimate of drug-likeness (QED) is 0.923. The predicted molar refractivity (Wildman–Crippen MR) is 88.0 cm³/mol. The van der Waals surface area contributed by atoms with Gasteiger partial charge in [-0.2, -0.15) is 5.10 Å². The summed E-state index contributed by atoms with van der Waals surface area (Å²) in [5, 5.41) is 6.98. The number of nitrogens with zero attached hydrogens (tertiary/aromatic N) is 4. The van der Waals surface area contributed by atoms with Crippen LogP contribution in [-0.2, 0) is 0 Å². The van der Waals surface area contributed by atoms with Gasteiger partial charge in [0, 0.05) is 31.6 Å². The van der Waals surface area contributed by atoms with Gasteiger partial charge in [-0.1, -0.05) is 13.0 Å². The highest BCUT2D eigenvalue weighted by Crippen LogP contribution is 2.21. The van der Waals surface area contributed by atoms with E-state index in [4.69, 9.17) is 0 Å². The molecule has 3 rings (SSSR count). The summed E-state index contributed by atoms with van der Waals surface area (Å²) in [5.74, 6) is -1.45. The van der Waals surface area contributed by atoms with E-state index in [9.17, 15) is 13.6 Å². The Balaban J connectivity index is 1.55. The minimum Gasteiger partial charge on any atom is -0.337 e. The Morgan fingerprint density at radius 3 is 3.00 bits per heavy atom. The third kappa shape index (κ3) is 4.12. The first kappa shape index (κ1) is 17.3. The van der Waals surface area contributed by atoms with Gasteiger partial charge in [0.15, 0.2) is 0 Å². The zero-order chi connectivity index (χ0) is 17.8. The number of carbonyl (C=O) groups excluding carboxylic acids is 1. The van der Waals surface area contributed by atoms with Crippen LogP contribution in [0, 0.1) is 11.6 Å². The molecule has 0 bridgehead atoms. The minimum absolute atomic E-state index is 0.119. The third-order valence-electron chi connectivity index (χ3n) is 4.55. The molecule has 6 nitrogen and oxygen atoms in total. The highest BCUT2D eigenvalue weighted by molar-refractivity contribution is 5.74. The largest absolute Gasteiger partial charge is 0.337 e. The van der Waals surface area contributed by atoms with Gasteiger partial charge in [-0.25, -0.2) is 23.2 Å². The van der Waals surface area contributed by atoms with Crippen molar-refractivity contribution in [3.63, 3.8) is 0 Å². The molecular weight excluding hydrogens is 328 g/mol. The summed E-state index contributed by atoms with van der Waals surface area (Å²) in [6.07, 6.45) is 4.98. The Labute approximate surface area is 144 Å². The summed E-state index contributed by atoms with van der Waals surface area (Å²) in [6.45, 7) is 3.32. The van der Waals surface area contributed by atoms with Crippen molar-refractivity contribution < 1.29 is 13.6 Å². The molecule has 2 amide bonds. The molecule has 2 atom stereocenters. The molecule has 0 saturated carbocycles. The lowest BCUT2D eigenvalue weighted by atomic mass is 10.0. The number of carbonyl (C=O) groups is 1. The first-order valence-electron chi connectivity index (χ1n) is 8.36. The fourth-order valence-electron chi connectivity index (χ4n) is 3.12. The lowest BCUT2D eigenvalue weighted by molar-refractivity contribution is 0.163. The molecule has 0 spiro atoms. The zero-order valence-corrected chi connectivity index (χ0v) is 14.0. The molecule has 0 aliphatic carbocycles. The number of nitrogens with one attached hydrogen (secondary N) is 1. The smallest absolute Gasteiger partial charge is 0.317 e. The Bertz CT molecular complexity index is 722. The lowest BCUT2D eigenvalue weighted by Gasteiger charge is -2.32. The number of likely N-dealkylation sites (tertiary alicyclic amines) is 1. The number of hydrogen-bond donors (Lipinski definition) is 1. The number of amides is 2. The van der Waals surface area contributed by atoms with Gasteiger partial charge in [0.25, 0.3) is 0 Å². The van der Waals surface area contributed by atoms with E-state index >= 15 is 0 Å². The maximum absolute atomic E-state index is 13.8. The average Bonchev–Trinajstić information content (AvgIpc) is 3.14. The number of aromatic nitrogens is 3. The summed E-state index contributed by atoms with van der Waals surface area (Å²) in [6, 6.07) is 3.45. The van der Waals surface area contributed by atoms with Crippen molar-refractivity contribution in [2.75, 3.05) is 19.6 Å². The molecule has 1 N–H and O–H groups in total. The van der Waals surface area contributed by atoms with Crippen LogP contribution in [0.15, 0.2) is 30.9 Å². The van der Waals surface area contributed by atoms with Crippen LogP contribution in [0.5, 0.6) is 0 Å². The Kier molecular flexibility index (Phi) is 5.25. The fourth-order valence-corrected chi connectivity index (χ4v) is 3.12. The van der Waals surface area contributed by atoms with Crippen molar-refractivity contribution in [2.24, 2.45) is 0 Å². The van der Waals surface area contributed by atoms with Crippen molar-refractivity contribution in [1.82, 2.24) is 25.0 Å². The number of piperidine rings is 1. The molecule has 1 aromatic heterocycles. The van der Waals surface area contributed by atoms with Crippen LogP contribution in [0.1, 0.15) is 37.3 Å². The predicted octanol–water partition coefficient (Wildman–Crippen LogP) is 2.71. The topological polar surface area (TPSA) is 63.1 Å². The van der Waals surface area contributed by atoms with Gasteiger partial charge in [-0.05, 0) is 24.5 Å². The van der Waals surface area contributed by atoms with Gasteiger partial charge in [0.1, 0.15) is 24.3 Å².